The number of esters is 3. The molecule has 2 heterocycles. The fourth-order valence-electron chi connectivity index (χ4n) is 9.82. The summed E-state index contributed by atoms with van der Waals surface area (Å²) in [5, 5.41) is 3.50. The van der Waals surface area contributed by atoms with Crippen LogP contribution in [0, 0.1) is 5.92 Å². The van der Waals surface area contributed by atoms with Crippen molar-refractivity contribution in [2.45, 2.75) is 284 Å². The molecule has 1 aromatic heterocycles. The molecule has 0 aliphatic carbocycles. The van der Waals surface area contributed by atoms with Crippen LogP contribution in [0.1, 0.15) is 286 Å². The molecule has 0 saturated heterocycles. The van der Waals surface area contributed by atoms with Crippen molar-refractivity contribution in [1.82, 2.24) is 9.80 Å². The zero-order valence-corrected chi connectivity index (χ0v) is 47.9. The third-order valence-corrected chi connectivity index (χ3v) is 15.5. The summed E-state index contributed by atoms with van der Waals surface area (Å²) >= 11 is 1.36. The SMILES string of the molecule is CCCCCCCCC(CCCCCCCC)OC(=O)CCCCC(=O)Nc1sc2c(c1C(=O)OCCCN(C)C)CCN(C(=O)CCCCCOC(=O)C(CCCCCCCC)CCCCCCCC)C2. The molecule has 1 aliphatic rings. The number of hydrogen-bond donors (Lipinski definition) is 1. The molecule has 2 amide bonds. The predicted octanol–water partition coefficient (Wildman–Crippen LogP) is 15.9. The Morgan fingerprint density at radius 1 is 0.569 bits per heavy atom. The van der Waals surface area contributed by atoms with Gasteiger partial charge in [-0.2, -0.15) is 0 Å². The van der Waals surface area contributed by atoms with Crippen molar-refractivity contribution in [2.75, 3.05) is 45.7 Å². The Labute approximate surface area is 444 Å². The van der Waals surface area contributed by atoms with Crippen LogP contribution >= 0.6 is 11.3 Å². The summed E-state index contributed by atoms with van der Waals surface area (Å²) in [6.07, 6.45) is 38.3. The number of rotatable bonds is 47. The van der Waals surface area contributed by atoms with E-state index in [2.05, 4.69) is 33.0 Å². The van der Waals surface area contributed by atoms with E-state index < -0.39 is 5.97 Å². The van der Waals surface area contributed by atoms with Crippen molar-refractivity contribution < 1.29 is 38.2 Å². The van der Waals surface area contributed by atoms with Gasteiger partial charge in [-0.1, -0.05) is 169 Å². The number of unbranched alkanes of at least 4 members (excludes halogenated alkanes) is 23. The van der Waals surface area contributed by atoms with Crippen LogP contribution in [0.25, 0.3) is 0 Å². The van der Waals surface area contributed by atoms with Crippen LogP contribution in [0.2, 0.25) is 0 Å². The number of anilines is 1. The lowest BCUT2D eigenvalue weighted by atomic mass is 9.94. The first-order valence-corrected chi connectivity index (χ1v) is 30.8. The number of nitrogens with zero attached hydrogens (tertiary/aromatic N) is 2. The van der Waals surface area contributed by atoms with E-state index >= 15 is 0 Å². The van der Waals surface area contributed by atoms with Gasteiger partial charge in [-0.25, -0.2) is 4.79 Å². The van der Waals surface area contributed by atoms with Gasteiger partial charge in [0.15, 0.2) is 0 Å². The minimum atomic E-state index is -0.447. The predicted molar refractivity (Wildman–Crippen MR) is 299 cm³/mol. The highest BCUT2D eigenvalue weighted by Crippen LogP contribution is 2.38. The second-order valence-corrected chi connectivity index (χ2v) is 22.4. The maximum absolute atomic E-state index is 13.7. The molecule has 0 saturated carbocycles. The Hall–Kier alpha value is -2.99. The highest BCUT2D eigenvalue weighted by molar-refractivity contribution is 7.17. The normalized spacial score (nSPS) is 12.5. The molecule has 0 atom stereocenters. The van der Waals surface area contributed by atoms with Crippen LogP contribution in [0.4, 0.5) is 5.00 Å². The van der Waals surface area contributed by atoms with Crippen LogP contribution < -0.4 is 5.32 Å². The van der Waals surface area contributed by atoms with Crippen molar-refractivity contribution in [1.29, 1.82) is 0 Å². The fraction of sp³-hybridized carbons (Fsp3) is 0.850. The van der Waals surface area contributed by atoms with E-state index in [1.54, 1.807) is 0 Å². The summed E-state index contributed by atoms with van der Waals surface area (Å²) in [7, 11) is 3.96. The summed E-state index contributed by atoms with van der Waals surface area (Å²) < 4.78 is 17.6. The number of ether oxygens (including phenoxy) is 3. The average molecular weight is 1030 g/mol. The van der Waals surface area contributed by atoms with E-state index in [1.165, 1.54) is 140 Å². The van der Waals surface area contributed by atoms with E-state index in [0.29, 0.717) is 68.8 Å². The molecule has 2 rings (SSSR count). The highest BCUT2D eigenvalue weighted by Gasteiger charge is 2.31. The molecule has 0 unspecified atom stereocenters. The van der Waals surface area contributed by atoms with Crippen LogP contribution in [0.3, 0.4) is 0 Å². The first-order valence-electron chi connectivity index (χ1n) is 29.9. The summed E-state index contributed by atoms with van der Waals surface area (Å²) in [6.45, 7) is 11.3. The van der Waals surface area contributed by atoms with Crippen molar-refractivity contribution in [3.63, 3.8) is 0 Å². The van der Waals surface area contributed by atoms with Gasteiger partial charge in [-0.05, 0) is 103 Å². The Morgan fingerprint density at radius 3 is 1.61 bits per heavy atom. The number of hydrogen-bond acceptors (Lipinski definition) is 10. The number of carbonyl (C=O) groups is 5. The summed E-state index contributed by atoms with van der Waals surface area (Å²) in [6, 6.07) is 0. The van der Waals surface area contributed by atoms with Crippen molar-refractivity contribution >= 4 is 46.1 Å². The molecule has 0 bridgehead atoms. The molecule has 0 fully saturated rings. The van der Waals surface area contributed by atoms with Crippen molar-refractivity contribution in [2.24, 2.45) is 5.92 Å². The third kappa shape index (κ3) is 31.0. The largest absolute Gasteiger partial charge is 0.465 e. The van der Waals surface area contributed by atoms with E-state index in [0.717, 1.165) is 81.2 Å². The first kappa shape index (κ1) is 65.1. The zero-order valence-electron chi connectivity index (χ0n) is 47.1. The summed E-state index contributed by atoms with van der Waals surface area (Å²) in [5.74, 6) is -0.821. The van der Waals surface area contributed by atoms with E-state index in [1.807, 2.05) is 23.9 Å². The third-order valence-electron chi connectivity index (χ3n) is 14.4. The van der Waals surface area contributed by atoms with Gasteiger partial charge in [0.2, 0.25) is 11.8 Å². The minimum absolute atomic E-state index is 0.0103. The molecule has 416 valence electrons. The average Bonchev–Trinajstić information content (AvgIpc) is 3.72. The van der Waals surface area contributed by atoms with Crippen LogP contribution in [0.15, 0.2) is 0 Å². The summed E-state index contributed by atoms with van der Waals surface area (Å²) in [4.78, 5) is 71.6. The second-order valence-electron chi connectivity index (χ2n) is 21.3. The van der Waals surface area contributed by atoms with Crippen molar-refractivity contribution in [3.8, 4) is 0 Å². The lowest BCUT2D eigenvalue weighted by molar-refractivity contribution is -0.150. The quantitative estimate of drug-likeness (QED) is 0.0385. The van der Waals surface area contributed by atoms with Crippen LogP contribution in [-0.2, 0) is 46.4 Å². The fourth-order valence-corrected chi connectivity index (χ4v) is 11.1. The van der Waals surface area contributed by atoms with Crippen molar-refractivity contribution in [3.05, 3.63) is 16.0 Å². The van der Waals surface area contributed by atoms with Crippen LogP contribution in [-0.4, -0.2) is 86.0 Å². The zero-order chi connectivity index (χ0) is 52.4. The van der Waals surface area contributed by atoms with E-state index in [-0.39, 0.29) is 55.2 Å². The second kappa shape index (κ2) is 43.3. The molecule has 12 heteroatoms. The number of amides is 2. The van der Waals surface area contributed by atoms with Gasteiger partial charge in [-0.15, -0.1) is 11.3 Å². The smallest absolute Gasteiger partial charge is 0.341 e. The number of fused-ring (bicyclic) bond motifs is 1. The van der Waals surface area contributed by atoms with Gasteiger partial charge in [0, 0.05) is 37.2 Å². The first-order chi connectivity index (χ1) is 35.0. The summed E-state index contributed by atoms with van der Waals surface area (Å²) in [5.41, 5.74) is 1.26. The molecule has 11 nitrogen and oxygen atoms in total. The molecule has 1 aliphatic heterocycles. The van der Waals surface area contributed by atoms with Gasteiger partial charge < -0.3 is 29.3 Å². The molecule has 1 N–H and O–H groups in total. The monoisotopic (exact) mass is 1030 g/mol. The number of carbonyl (C=O) groups excluding carboxylic acids is 5. The minimum Gasteiger partial charge on any atom is -0.465 e. The number of thiophene rings is 1. The molecular weight excluding hydrogens is 923 g/mol. The molecule has 0 aromatic carbocycles. The Balaban J connectivity index is 1.91. The lowest BCUT2D eigenvalue weighted by Crippen LogP contribution is -2.35. The van der Waals surface area contributed by atoms with Gasteiger partial charge >= 0.3 is 17.9 Å². The van der Waals surface area contributed by atoms with E-state index in [9.17, 15) is 24.0 Å². The molecule has 0 radical (unpaired) electrons. The Kier molecular flexibility index (Phi) is 39.1. The van der Waals surface area contributed by atoms with Gasteiger partial charge in [-0.3, -0.25) is 19.2 Å². The van der Waals surface area contributed by atoms with Gasteiger partial charge in [0.05, 0.1) is 31.2 Å². The Bertz CT molecular complexity index is 1550. The maximum atomic E-state index is 13.7. The molecule has 0 spiro atoms. The number of nitrogens with one attached hydrogen (secondary N) is 1. The van der Waals surface area contributed by atoms with Crippen LogP contribution in [0.5, 0.6) is 0 Å². The Morgan fingerprint density at radius 2 is 1.06 bits per heavy atom. The van der Waals surface area contributed by atoms with Gasteiger partial charge in [0.25, 0.3) is 0 Å². The maximum Gasteiger partial charge on any atom is 0.341 e. The highest BCUT2D eigenvalue weighted by atomic mass is 32.1. The van der Waals surface area contributed by atoms with E-state index in [4.69, 9.17) is 14.2 Å². The molecule has 1 aromatic rings. The topological polar surface area (TPSA) is 132 Å². The molecular formula is C60H107N3O8S. The lowest BCUT2D eigenvalue weighted by Gasteiger charge is -2.27. The standard InChI is InChI=1S/C60H107N3O8S/c1-7-11-15-19-23-28-37-50(38-29-24-20-16-12-8-2)59(67)69-47-35-27-32-42-55(65)63-46-44-52-53(49-63)72-58(57(52)60(68)70-48-36-45-62(5)6)61-54(64)41-33-34-43-56(66)71-51(39-30-25-21-17-13-9-3)40-31-26-22-18-14-10-4/h50-51H,7-49H2,1-6H3,(H,61,64). The molecule has 72 heavy (non-hydrogen) atoms. The van der Waals surface area contributed by atoms with Gasteiger partial charge in [0.1, 0.15) is 11.1 Å².